The van der Waals surface area contributed by atoms with Crippen LogP contribution in [0, 0.1) is 5.82 Å². The minimum absolute atomic E-state index is 0.317. The van der Waals surface area contributed by atoms with Crippen LogP contribution in [0.3, 0.4) is 0 Å². The molecule has 23 heavy (non-hydrogen) atoms. The van der Waals surface area contributed by atoms with Gasteiger partial charge >= 0.3 is 0 Å². The lowest BCUT2D eigenvalue weighted by atomic mass is 10.1. The van der Waals surface area contributed by atoms with Gasteiger partial charge in [0.15, 0.2) is 0 Å². The third-order valence-corrected chi connectivity index (χ3v) is 2.93. The predicted molar refractivity (Wildman–Crippen MR) is 90.6 cm³/mol. The monoisotopic (exact) mass is 312 g/mol. The first-order valence-corrected chi connectivity index (χ1v) is 6.96. The molecule has 0 spiro atoms. The van der Waals surface area contributed by atoms with E-state index in [1.54, 1.807) is 30.4 Å². The van der Waals surface area contributed by atoms with Crippen LogP contribution in [-0.2, 0) is 4.79 Å². The molecule has 2 aromatic carbocycles. The van der Waals surface area contributed by atoms with Crippen molar-refractivity contribution in [3.8, 4) is 5.75 Å². The maximum atomic E-state index is 12.8. The second-order valence-electron chi connectivity index (χ2n) is 4.73. The number of benzene rings is 2. The van der Waals surface area contributed by atoms with Crippen molar-refractivity contribution in [1.29, 1.82) is 0 Å². The first-order valence-electron chi connectivity index (χ1n) is 6.96. The second kappa shape index (κ2) is 7.79. The molecule has 0 saturated carbocycles. The van der Waals surface area contributed by atoms with E-state index in [9.17, 15) is 9.18 Å². The van der Waals surface area contributed by atoms with E-state index in [-0.39, 0.29) is 11.7 Å². The van der Waals surface area contributed by atoms with Gasteiger partial charge in [-0.2, -0.15) is 0 Å². The van der Waals surface area contributed by atoms with Gasteiger partial charge in [0, 0.05) is 11.8 Å². The highest BCUT2D eigenvalue weighted by molar-refractivity contribution is 6.01. The molecule has 0 saturated heterocycles. The Balaban J connectivity index is 1.98. The average molecular weight is 312 g/mol. The Labute approximate surface area is 134 Å². The largest absolute Gasteiger partial charge is 0.487 e. The van der Waals surface area contributed by atoms with Crippen molar-refractivity contribution in [1.82, 2.24) is 0 Å². The van der Waals surface area contributed by atoms with Gasteiger partial charge in [0.05, 0.1) is 5.69 Å². The van der Waals surface area contributed by atoms with Crippen LogP contribution in [-0.4, -0.2) is 12.5 Å². The average Bonchev–Trinajstić information content (AvgIpc) is 2.54. The fraction of sp³-hybridized carbons (Fsp3) is 0.0556. The predicted octanol–water partition coefficient (Wildman–Crippen LogP) is 3.62. The molecular formula is C18H17FN2O2. The molecule has 118 valence electrons. The summed E-state index contributed by atoms with van der Waals surface area (Å²) in [4.78, 5) is 11.8. The zero-order valence-electron chi connectivity index (χ0n) is 12.5. The minimum Gasteiger partial charge on any atom is -0.487 e. The van der Waals surface area contributed by atoms with Gasteiger partial charge in [0.1, 0.15) is 18.2 Å². The Morgan fingerprint density at radius 2 is 2.00 bits per heavy atom. The summed E-state index contributed by atoms with van der Waals surface area (Å²) in [5, 5.41) is 2.63. The zero-order valence-corrected chi connectivity index (χ0v) is 12.5. The third-order valence-electron chi connectivity index (χ3n) is 2.93. The summed E-state index contributed by atoms with van der Waals surface area (Å²) in [6.45, 7) is 3.94. The van der Waals surface area contributed by atoms with Gasteiger partial charge in [0.2, 0.25) is 5.91 Å². The molecule has 0 aliphatic carbocycles. The highest BCUT2D eigenvalue weighted by Crippen LogP contribution is 2.23. The van der Waals surface area contributed by atoms with Crippen molar-refractivity contribution in [3.05, 3.63) is 72.6 Å². The molecule has 0 atom stereocenters. The fourth-order valence-electron chi connectivity index (χ4n) is 1.84. The SMILES string of the molecule is C=CCOc1ccc(/C=C\C(=O)Nc2ccc(F)cc2)cc1N. The Bertz CT molecular complexity index is 724. The molecule has 0 aliphatic heterocycles. The number of anilines is 2. The van der Waals surface area contributed by atoms with E-state index < -0.39 is 0 Å². The smallest absolute Gasteiger partial charge is 0.248 e. The molecule has 0 heterocycles. The zero-order chi connectivity index (χ0) is 16.7. The van der Waals surface area contributed by atoms with Crippen LogP contribution in [0.2, 0.25) is 0 Å². The number of ether oxygens (including phenoxy) is 1. The van der Waals surface area contributed by atoms with Crippen LogP contribution < -0.4 is 15.8 Å². The molecule has 2 aromatic rings. The summed E-state index contributed by atoms with van der Waals surface area (Å²) in [5.41, 5.74) is 7.64. The van der Waals surface area contributed by atoms with E-state index in [2.05, 4.69) is 11.9 Å². The number of carbonyl (C=O) groups is 1. The van der Waals surface area contributed by atoms with Crippen molar-refractivity contribution < 1.29 is 13.9 Å². The summed E-state index contributed by atoms with van der Waals surface area (Å²) in [6.07, 6.45) is 4.64. The van der Waals surface area contributed by atoms with Gasteiger partial charge in [0.25, 0.3) is 0 Å². The Morgan fingerprint density at radius 1 is 1.26 bits per heavy atom. The first-order chi connectivity index (χ1) is 11.1. The highest BCUT2D eigenvalue weighted by atomic mass is 19.1. The lowest BCUT2D eigenvalue weighted by Gasteiger charge is -2.07. The number of hydrogen-bond donors (Lipinski definition) is 2. The number of rotatable bonds is 6. The summed E-state index contributed by atoms with van der Waals surface area (Å²) < 4.78 is 18.2. The molecule has 0 bridgehead atoms. The molecule has 5 heteroatoms. The fourth-order valence-corrected chi connectivity index (χ4v) is 1.84. The number of nitrogens with two attached hydrogens (primary N) is 1. The maximum Gasteiger partial charge on any atom is 0.248 e. The van der Waals surface area contributed by atoms with Crippen LogP contribution in [0.1, 0.15) is 5.56 Å². The quantitative estimate of drug-likeness (QED) is 0.486. The maximum absolute atomic E-state index is 12.8. The van der Waals surface area contributed by atoms with Crippen molar-refractivity contribution in [2.45, 2.75) is 0 Å². The first kappa shape index (κ1) is 16.3. The molecule has 0 aliphatic rings. The minimum atomic E-state index is -0.354. The van der Waals surface area contributed by atoms with E-state index in [0.29, 0.717) is 23.7 Å². The summed E-state index contributed by atoms with van der Waals surface area (Å²) in [6, 6.07) is 10.8. The van der Waals surface area contributed by atoms with E-state index in [1.165, 1.54) is 30.3 Å². The highest BCUT2D eigenvalue weighted by Gasteiger charge is 2.01. The number of nitrogen functional groups attached to an aromatic ring is 1. The number of hydrogen-bond acceptors (Lipinski definition) is 3. The van der Waals surface area contributed by atoms with Crippen LogP contribution in [0.25, 0.3) is 6.08 Å². The van der Waals surface area contributed by atoms with E-state index in [1.807, 2.05) is 0 Å². The molecule has 0 fully saturated rings. The van der Waals surface area contributed by atoms with Crippen molar-refractivity contribution in [3.63, 3.8) is 0 Å². The Morgan fingerprint density at radius 3 is 2.65 bits per heavy atom. The van der Waals surface area contributed by atoms with E-state index in [0.717, 1.165) is 5.56 Å². The number of halogens is 1. The van der Waals surface area contributed by atoms with Crippen molar-refractivity contribution in [2.75, 3.05) is 17.7 Å². The summed E-state index contributed by atoms with van der Waals surface area (Å²) in [7, 11) is 0. The van der Waals surface area contributed by atoms with Gasteiger partial charge in [-0.05, 0) is 48.0 Å². The van der Waals surface area contributed by atoms with Gasteiger partial charge in [-0.15, -0.1) is 0 Å². The molecule has 4 nitrogen and oxygen atoms in total. The second-order valence-corrected chi connectivity index (χ2v) is 4.73. The topological polar surface area (TPSA) is 64.3 Å². The van der Waals surface area contributed by atoms with Gasteiger partial charge in [-0.3, -0.25) is 4.79 Å². The number of carbonyl (C=O) groups excluding carboxylic acids is 1. The third kappa shape index (κ3) is 5.00. The van der Waals surface area contributed by atoms with Crippen LogP contribution in [0.5, 0.6) is 5.75 Å². The number of nitrogens with one attached hydrogen (secondary N) is 1. The standard InChI is InChI=1S/C18H17FN2O2/c1-2-11-23-17-9-3-13(12-16(17)20)4-10-18(22)21-15-7-5-14(19)6-8-15/h2-10,12H,1,11,20H2,(H,21,22)/b10-4-. The molecule has 3 N–H and O–H groups in total. The van der Waals surface area contributed by atoms with E-state index >= 15 is 0 Å². The van der Waals surface area contributed by atoms with Crippen LogP contribution in [0.15, 0.2) is 61.2 Å². The van der Waals surface area contributed by atoms with Crippen molar-refractivity contribution in [2.24, 2.45) is 0 Å². The molecule has 2 rings (SSSR count). The summed E-state index contributed by atoms with van der Waals surface area (Å²) in [5.74, 6) is -0.104. The lowest BCUT2D eigenvalue weighted by molar-refractivity contribution is -0.111. The summed E-state index contributed by atoms with van der Waals surface area (Å²) >= 11 is 0. The van der Waals surface area contributed by atoms with Crippen LogP contribution >= 0.6 is 0 Å². The van der Waals surface area contributed by atoms with E-state index in [4.69, 9.17) is 10.5 Å². The van der Waals surface area contributed by atoms with Gasteiger partial charge in [-0.25, -0.2) is 4.39 Å². The molecule has 0 aromatic heterocycles. The van der Waals surface area contributed by atoms with Gasteiger partial charge in [-0.1, -0.05) is 18.7 Å². The molecule has 1 amide bonds. The Kier molecular flexibility index (Phi) is 5.52. The Hall–Kier alpha value is -3.08. The normalized spacial score (nSPS) is 10.5. The molecular weight excluding hydrogens is 295 g/mol. The number of amides is 1. The van der Waals surface area contributed by atoms with Gasteiger partial charge < -0.3 is 15.8 Å². The van der Waals surface area contributed by atoms with Crippen LogP contribution in [0.4, 0.5) is 15.8 Å². The van der Waals surface area contributed by atoms with Crippen molar-refractivity contribution >= 4 is 23.4 Å². The molecule has 0 unspecified atom stereocenters. The molecule has 0 radical (unpaired) electrons. The lowest BCUT2D eigenvalue weighted by Crippen LogP contribution is -2.07.